The van der Waals surface area contributed by atoms with E-state index in [2.05, 4.69) is 183 Å². The van der Waals surface area contributed by atoms with Crippen molar-refractivity contribution in [1.82, 2.24) is 9.55 Å². The Kier molecular flexibility index (Phi) is 7.76. The Morgan fingerprint density at radius 3 is 1.81 bits per heavy atom. The van der Waals surface area contributed by atoms with Crippen LogP contribution in [-0.2, 0) is 0 Å². The fraction of sp³-hybridized carbons (Fsp3) is 0.226. The fourth-order valence-electron chi connectivity index (χ4n) is 10.5. The second kappa shape index (κ2) is 13.0. The molecule has 0 spiro atoms. The zero-order valence-corrected chi connectivity index (χ0v) is 33.5. The van der Waals surface area contributed by atoms with Gasteiger partial charge in [0.05, 0.1) is 28.5 Å². The Morgan fingerprint density at radius 2 is 1.12 bits per heavy atom. The van der Waals surface area contributed by atoms with E-state index in [0.29, 0.717) is 11.8 Å². The van der Waals surface area contributed by atoms with E-state index >= 15 is 0 Å². The molecule has 1 aromatic heterocycles. The van der Waals surface area contributed by atoms with Gasteiger partial charge in [0, 0.05) is 51.7 Å². The molecule has 6 aromatic rings. The quantitative estimate of drug-likeness (QED) is 0.170. The summed E-state index contributed by atoms with van der Waals surface area (Å²) >= 11 is 0. The number of nitrogens with zero attached hydrogens (tertiary/aromatic N) is 4. The summed E-state index contributed by atoms with van der Waals surface area (Å²) in [5.41, 5.74) is 22.5. The molecule has 4 heterocycles. The largest absolute Gasteiger partial charge is 0.317 e. The molecule has 0 amide bonds. The van der Waals surface area contributed by atoms with Gasteiger partial charge in [0.25, 0.3) is 0 Å². The normalized spacial score (nSPS) is 18.9. The average Bonchev–Trinajstić information content (AvgIpc) is 3.84. The lowest BCUT2D eigenvalue weighted by molar-refractivity contribution is 0.736. The molecule has 2 unspecified atom stereocenters. The van der Waals surface area contributed by atoms with Crippen LogP contribution in [0.25, 0.3) is 50.5 Å². The molecule has 11 rings (SSSR count). The first kappa shape index (κ1) is 34.1. The minimum atomic E-state index is 0.0740. The van der Waals surface area contributed by atoms with Gasteiger partial charge in [-0.25, -0.2) is 4.98 Å². The van der Waals surface area contributed by atoms with Crippen LogP contribution >= 0.6 is 0 Å². The average molecular weight is 741 g/mol. The van der Waals surface area contributed by atoms with Gasteiger partial charge in [0.2, 0.25) is 0 Å². The second-order valence-electron chi connectivity index (χ2n) is 16.9. The van der Waals surface area contributed by atoms with Crippen LogP contribution in [0.3, 0.4) is 0 Å². The van der Waals surface area contributed by atoms with Crippen molar-refractivity contribution >= 4 is 33.9 Å². The van der Waals surface area contributed by atoms with Gasteiger partial charge in [0.1, 0.15) is 12.0 Å². The SMILES string of the molecule is CC(C)c1cccc(C(C)C)c1-n1ccnc1C1=CCCC=C1C1CC=C1c1cccc2c1N1C(=C3c4ccccc4-c4ccccc4N3C1C)c1ccccc1-2. The number of rotatable bonds is 6. The summed E-state index contributed by atoms with van der Waals surface area (Å²) in [5, 5.41) is 0. The number of anilines is 2. The molecule has 0 bridgehead atoms. The third-order valence-corrected chi connectivity index (χ3v) is 13.1. The number of hydrogen-bond donors (Lipinski definition) is 0. The summed E-state index contributed by atoms with van der Waals surface area (Å²) in [6.45, 7) is 11.6. The summed E-state index contributed by atoms with van der Waals surface area (Å²) in [6.07, 6.45) is 14.8. The molecular formula is C53H48N4. The van der Waals surface area contributed by atoms with Gasteiger partial charge in [-0.3, -0.25) is 4.57 Å². The third kappa shape index (κ3) is 4.89. The van der Waals surface area contributed by atoms with Crippen molar-refractivity contribution in [2.24, 2.45) is 5.92 Å². The number of hydrogen-bond acceptors (Lipinski definition) is 3. The van der Waals surface area contributed by atoms with Crippen LogP contribution in [-0.4, -0.2) is 15.7 Å². The number of imidazole rings is 1. The van der Waals surface area contributed by atoms with Crippen LogP contribution in [0.5, 0.6) is 0 Å². The standard InChI is InChI=1S/C53H48N4/c1-32(2)35-23-14-24-36(33(3)4)49(35)55-31-30-54-53(55)47-22-11-8-16-37(47)40-28-29-41(40)44-26-15-25-43-39-18-7-10-21-46(39)52-51-45-20-9-6-17-38(45)42-19-12-13-27-48(42)56(51)34(5)57(52)50(43)44/h6-7,9-10,12-27,29-34,40H,8,11,28H2,1-5H3. The van der Waals surface area contributed by atoms with Crippen molar-refractivity contribution in [2.75, 3.05) is 9.80 Å². The predicted molar refractivity (Wildman–Crippen MR) is 238 cm³/mol. The van der Waals surface area contributed by atoms with E-state index in [1.54, 1.807) is 0 Å². The Balaban J connectivity index is 1.05. The van der Waals surface area contributed by atoms with Gasteiger partial charge in [0.15, 0.2) is 0 Å². The highest BCUT2D eigenvalue weighted by Crippen LogP contribution is 2.60. The van der Waals surface area contributed by atoms with E-state index in [1.165, 1.54) is 95.2 Å². The van der Waals surface area contributed by atoms with Gasteiger partial charge in [-0.05, 0) is 77.5 Å². The van der Waals surface area contributed by atoms with Gasteiger partial charge in [-0.15, -0.1) is 0 Å². The summed E-state index contributed by atoms with van der Waals surface area (Å²) in [6, 6.07) is 40.9. The van der Waals surface area contributed by atoms with Gasteiger partial charge in [-0.2, -0.15) is 0 Å². The first-order valence-electron chi connectivity index (χ1n) is 20.9. The number of aromatic nitrogens is 2. The molecule has 57 heavy (non-hydrogen) atoms. The molecule has 5 aliphatic rings. The van der Waals surface area contributed by atoms with Crippen LogP contribution in [0.4, 0.5) is 11.4 Å². The Labute approximate surface area is 336 Å². The summed E-state index contributed by atoms with van der Waals surface area (Å²) in [5.74, 6) is 2.14. The fourth-order valence-corrected chi connectivity index (χ4v) is 10.5. The van der Waals surface area contributed by atoms with E-state index in [0.717, 1.165) is 25.1 Å². The molecule has 0 saturated heterocycles. The molecule has 4 nitrogen and oxygen atoms in total. The molecule has 0 saturated carbocycles. The van der Waals surface area contributed by atoms with E-state index in [-0.39, 0.29) is 12.1 Å². The van der Waals surface area contributed by atoms with Crippen molar-refractivity contribution in [3.8, 4) is 27.9 Å². The predicted octanol–water partition coefficient (Wildman–Crippen LogP) is 13.5. The molecule has 2 aliphatic carbocycles. The molecule has 2 atom stereocenters. The van der Waals surface area contributed by atoms with Crippen molar-refractivity contribution in [1.29, 1.82) is 0 Å². The van der Waals surface area contributed by atoms with Crippen LogP contribution in [0.1, 0.15) is 99.4 Å². The highest BCUT2D eigenvalue weighted by atomic mass is 15.4. The minimum Gasteiger partial charge on any atom is -0.317 e. The van der Waals surface area contributed by atoms with Crippen LogP contribution in [0, 0.1) is 5.92 Å². The van der Waals surface area contributed by atoms with Gasteiger partial charge in [-0.1, -0.05) is 149 Å². The molecule has 0 radical (unpaired) electrons. The number of allylic oxidation sites excluding steroid dienone is 6. The lowest BCUT2D eigenvalue weighted by Gasteiger charge is -2.41. The Morgan fingerprint density at radius 1 is 0.544 bits per heavy atom. The molecule has 280 valence electrons. The topological polar surface area (TPSA) is 24.3 Å². The minimum absolute atomic E-state index is 0.0740. The first-order chi connectivity index (χ1) is 27.9. The maximum atomic E-state index is 5.15. The van der Waals surface area contributed by atoms with Crippen molar-refractivity contribution in [2.45, 2.75) is 71.9 Å². The zero-order valence-electron chi connectivity index (χ0n) is 33.5. The van der Waals surface area contributed by atoms with E-state index in [9.17, 15) is 0 Å². The van der Waals surface area contributed by atoms with Crippen molar-refractivity contribution < 1.29 is 0 Å². The molecule has 0 N–H and O–H groups in total. The monoisotopic (exact) mass is 740 g/mol. The highest BCUT2D eigenvalue weighted by molar-refractivity contribution is 6.18. The zero-order chi connectivity index (χ0) is 38.5. The van der Waals surface area contributed by atoms with E-state index in [4.69, 9.17) is 4.98 Å². The molecule has 3 aliphatic heterocycles. The molecule has 5 aromatic carbocycles. The summed E-state index contributed by atoms with van der Waals surface area (Å²) in [7, 11) is 0. The van der Waals surface area contributed by atoms with Crippen LogP contribution in [0.2, 0.25) is 0 Å². The summed E-state index contributed by atoms with van der Waals surface area (Å²) in [4.78, 5) is 10.4. The van der Waals surface area contributed by atoms with Crippen molar-refractivity contribution in [3.63, 3.8) is 0 Å². The number of fused-ring (bicyclic) bond motifs is 12. The van der Waals surface area contributed by atoms with Crippen LogP contribution in [0.15, 0.2) is 145 Å². The van der Waals surface area contributed by atoms with Gasteiger partial charge >= 0.3 is 0 Å². The third-order valence-electron chi connectivity index (χ3n) is 13.1. The maximum Gasteiger partial charge on any atom is 0.144 e. The van der Waals surface area contributed by atoms with Crippen LogP contribution < -0.4 is 9.80 Å². The van der Waals surface area contributed by atoms with Gasteiger partial charge < -0.3 is 9.80 Å². The molecule has 0 fully saturated rings. The summed E-state index contributed by atoms with van der Waals surface area (Å²) < 4.78 is 2.40. The van der Waals surface area contributed by atoms with Crippen molar-refractivity contribution in [3.05, 3.63) is 179 Å². The highest BCUT2D eigenvalue weighted by Gasteiger charge is 2.47. The molecule has 4 heteroatoms. The Bertz CT molecular complexity index is 2740. The smallest absolute Gasteiger partial charge is 0.144 e. The molecular weight excluding hydrogens is 693 g/mol. The second-order valence-corrected chi connectivity index (χ2v) is 16.9. The number of benzene rings is 5. The first-order valence-corrected chi connectivity index (χ1v) is 20.9. The Hall–Kier alpha value is -6.13. The van der Waals surface area contributed by atoms with E-state index in [1.807, 2.05) is 6.20 Å². The maximum absolute atomic E-state index is 5.15. The van der Waals surface area contributed by atoms with E-state index < -0.39 is 0 Å². The lowest BCUT2D eigenvalue weighted by atomic mass is 9.71. The lowest BCUT2D eigenvalue weighted by Crippen LogP contribution is -2.40. The number of para-hydroxylation sites is 3.